The molecule has 4 rings (SSSR count). The number of fused-ring (bicyclic) bond motifs is 1. The van der Waals surface area contributed by atoms with Crippen molar-refractivity contribution in [1.29, 1.82) is 0 Å². The second-order valence-corrected chi connectivity index (χ2v) is 7.23. The first kappa shape index (κ1) is 21.2. The smallest absolute Gasteiger partial charge is 0.420 e. The van der Waals surface area contributed by atoms with E-state index in [-0.39, 0.29) is 12.5 Å². The Labute approximate surface area is 184 Å². The molecular weight excluding hydrogens is 410 g/mol. The van der Waals surface area contributed by atoms with Crippen LogP contribution in [0.2, 0.25) is 0 Å². The topological polar surface area (TPSA) is 95.6 Å². The zero-order valence-corrected chi connectivity index (χ0v) is 17.8. The van der Waals surface area contributed by atoms with Gasteiger partial charge in [0.2, 0.25) is 5.91 Å². The van der Waals surface area contributed by atoms with Crippen LogP contribution in [-0.4, -0.2) is 22.6 Å². The third-order valence-electron chi connectivity index (χ3n) is 5.12. The number of nitrogens with zero attached hydrogens (tertiary/aromatic N) is 2. The van der Waals surface area contributed by atoms with E-state index in [1.54, 1.807) is 56.8 Å². The summed E-state index contributed by atoms with van der Waals surface area (Å²) in [5.74, 6) is 0.307. The van der Waals surface area contributed by atoms with Gasteiger partial charge >= 0.3 is 5.76 Å². The number of rotatable bonds is 8. The minimum Gasteiger partial charge on any atom is -0.493 e. The van der Waals surface area contributed by atoms with E-state index in [0.29, 0.717) is 29.2 Å². The number of para-hydroxylation sites is 2. The van der Waals surface area contributed by atoms with Gasteiger partial charge in [0.05, 0.1) is 12.6 Å². The van der Waals surface area contributed by atoms with Gasteiger partial charge in [-0.05, 0) is 54.4 Å². The molecule has 0 fully saturated rings. The summed E-state index contributed by atoms with van der Waals surface area (Å²) in [5, 5.41) is 2.86. The standard InChI is InChI=1S/C24H23N3O5/c1-16(27-19-5-3-4-6-20(19)32-24(27)29)23(28)26-14-18-7-8-21(22(13-18)30-2)31-15-17-9-11-25-12-10-17/h3-13,16H,14-15H2,1-2H3,(H,26,28). The number of hydrogen-bond acceptors (Lipinski definition) is 6. The molecule has 0 aliphatic rings. The van der Waals surface area contributed by atoms with Gasteiger partial charge in [-0.15, -0.1) is 0 Å². The van der Waals surface area contributed by atoms with Gasteiger partial charge in [0, 0.05) is 18.9 Å². The van der Waals surface area contributed by atoms with Gasteiger partial charge in [0.25, 0.3) is 0 Å². The molecule has 1 amide bonds. The van der Waals surface area contributed by atoms with Crippen molar-refractivity contribution in [2.24, 2.45) is 0 Å². The van der Waals surface area contributed by atoms with E-state index >= 15 is 0 Å². The van der Waals surface area contributed by atoms with Crippen LogP contribution < -0.4 is 20.5 Å². The Morgan fingerprint density at radius 2 is 1.88 bits per heavy atom. The Morgan fingerprint density at radius 3 is 2.66 bits per heavy atom. The van der Waals surface area contributed by atoms with E-state index in [4.69, 9.17) is 13.9 Å². The highest BCUT2D eigenvalue weighted by molar-refractivity contribution is 5.82. The number of benzene rings is 2. The molecule has 0 aliphatic carbocycles. The number of oxazole rings is 1. The molecule has 0 radical (unpaired) electrons. The average molecular weight is 433 g/mol. The number of aromatic nitrogens is 2. The molecule has 0 saturated carbocycles. The molecule has 1 atom stereocenters. The molecule has 0 saturated heterocycles. The fourth-order valence-corrected chi connectivity index (χ4v) is 3.39. The molecule has 164 valence electrons. The van der Waals surface area contributed by atoms with Crippen LogP contribution in [0, 0.1) is 0 Å². The van der Waals surface area contributed by atoms with Crippen LogP contribution in [0.3, 0.4) is 0 Å². The number of ether oxygens (including phenoxy) is 2. The third-order valence-corrected chi connectivity index (χ3v) is 5.12. The van der Waals surface area contributed by atoms with Crippen molar-refractivity contribution in [3.05, 3.63) is 88.7 Å². The number of pyridine rings is 1. The first-order chi connectivity index (χ1) is 15.6. The van der Waals surface area contributed by atoms with Gasteiger partial charge in [-0.3, -0.25) is 14.3 Å². The molecule has 4 aromatic rings. The lowest BCUT2D eigenvalue weighted by Gasteiger charge is -2.15. The maximum Gasteiger partial charge on any atom is 0.420 e. The molecule has 2 aromatic carbocycles. The van der Waals surface area contributed by atoms with E-state index < -0.39 is 11.8 Å². The lowest BCUT2D eigenvalue weighted by Crippen LogP contribution is -2.34. The lowest BCUT2D eigenvalue weighted by atomic mass is 10.2. The van der Waals surface area contributed by atoms with Crippen LogP contribution in [0.15, 0.2) is 76.2 Å². The minimum atomic E-state index is -0.726. The Bertz CT molecular complexity index is 1280. The van der Waals surface area contributed by atoms with Crippen LogP contribution in [-0.2, 0) is 17.9 Å². The summed E-state index contributed by atoms with van der Waals surface area (Å²) in [6.07, 6.45) is 3.42. The summed E-state index contributed by atoms with van der Waals surface area (Å²) >= 11 is 0. The lowest BCUT2D eigenvalue weighted by molar-refractivity contribution is -0.124. The van der Waals surface area contributed by atoms with E-state index in [0.717, 1.165) is 11.1 Å². The number of nitrogens with one attached hydrogen (secondary N) is 1. The summed E-state index contributed by atoms with van der Waals surface area (Å²) in [6.45, 7) is 2.32. The van der Waals surface area contributed by atoms with Crippen LogP contribution in [0.25, 0.3) is 11.1 Å². The number of methoxy groups -OCH3 is 1. The predicted octanol–water partition coefficient (Wildman–Crippen LogP) is 3.45. The molecule has 8 nitrogen and oxygen atoms in total. The highest BCUT2D eigenvalue weighted by atomic mass is 16.5. The number of carbonyl (C=O) groups is 1. The quantitative estimate of drug-likeness (QED) is 0.457. The van der Waals surface area contributed by atoms with Crippen molar-refractivity contribution in [3.63, 3.8) is 0 Å². The maximum atomic E-state index is 12.7. The van der Waals surface area contributed by atoms with Gasteiger partial charge in [0.1, 0.15) is 12.6 Å². The van der Waals surface area contributed by atoms with E-state index in [1.165, 1.54) is 4.57 Å². The second kappa shape index (κ2) is 9.38. The molecule has 2 aromatic heterocycles. The van der Waals surface area contributed by atoms with Gasteiger partial charge in [-0.1, -0.05) is 18.2 Å². The van der Waals surface area contributed by atoms with E-state index in [1.807, 2.05) is 24.3 Å². The molecule has 2 heterocycles. The first-order valence-corrected chi connectivity index (χ1v) is 10.1. The minimum absolute atomic E-state index is 0.273. The Kier molecular flexibility index (Phi) is 6.21. The molecule has 32 heavy (non-hydrogen) atoms. The second-order valence-electron chi connectivity index (χ2n) is 7.23. The van der Waals surface area contributed by atoms with E-state index in [9.17, 15) is 9.59 Å². The monoisotopic (exact) mass is 433 g/mol. The van der Waals surface area contributed by atoms with E-state index in [2.05, 4.69) is 10.3 Å². The predicted molar refractivity (Wildman–Crippen MR) is 119 cm³/mol. The van der Waals surface area contributed by atoms with Crippen LogP contribution in [0.4, 0.5) is 0 Å². The Balaban J connectivity index is 1.42. The number of amides is 1. The highest BCUT2D eigenvalue weighted by Crippen LogP contribution is 2.29. The highest BCUT2D eigenvalue weighted by Gasteiger charge is 2.21. The third kappa shape index (κ3) is 4.49. The maximum absolute atomic E-state index is 12.7. The zero-order valence-electron chi connectivity index (χ0n) is 17.8. The SMILES string of the molecule is COc1cc(CNC(=O)C(C)n2c(=O)oc3ccccc32)ccc1OCc1ccncc1. The van der Waals surface area contributed by atoms with Gasteiger partial charge in [0.15, 0.2) is 17.1 Å². The fourth-order valence-electron chi connectivity index (χ4n) is 3.39. The van der Waals surface area contributed by atoms with Crippen molar-refractivity contribution in [1.82, 2.24) is 14.9 Å². The number of hydrogen-bond donors (Lipinski definition) is 1. The average Bonchev–Trinajstić information content (AvgIpc) is 3.17. The molecule has 0 spiro atoms. The molecule has 0 aliphatic heterocycles. The van der Waals surface area contributed by atoms with Gasteiger partial charge in [-0.25, -0.2) is 4.79 Å². The zero-order chi connectivity index (χ0) is 22.5. The molecule has 0 bridgehead atoms. The summed E-state index contributed by atoms with van der Waals surface area (Å²) in [7, 11) is 1.56. The normalized spacial score (nSPS) is 11.8. The van der Waals surface area contributed by atoms with Gasteiger partial charge in [-0.2, -0.15) is 0 Å². The van der Waals surface area contributed by atoms with Crippen molar-refractivity contribution >= 4 is 17.0 Å². The van der Waals surface area contributed by atoms with Crippen LogP contribution >= 0.6 is 0 Å². The van der Waals surface area contributed by atoms with Crippen molar-refractivity contribution in [2.45, 2.75) is 26.1 Å². The van der Waals surface area contributed by atoms with Crippen LogP contribution in [0.5, 0.6) is 11.5 Å². The summed E-state index contributed by atoms with van der Waals surface area (Å²) in [4.78, 5) is 28.9. The summed E-state index contributed by atoms with van der Waals surface area (Å²) < 4.78 is 17.9. The molecular formula is C24H23N3O5. The van der Waals surface area contributed by atoms with Crippen LogP contribution in [0.1, 0.15) is 24.1 Å². The molecule has 1 N–H and O–H groups in total. The molecule has 1 unspecified atom stereocenters. The Morgan fingerprint density at radius 1 is 1.09 bits per heavy atom. The fraction of sp³-hybridized carbons (Fsp3) is 0.208. The van der Waals surface area contributed by atoms with Crippen molar-refractivity contribution in [3.8, 4) is 11.5 Å². The summed E-state index contributed by atoms with van der Waals surface area (Å²) in [6, 6.07) is 15.5. The van der Waals surface area contributed by atoms with Gasteiger partial charge < -0.3 is 19.2 Å². The largest absolute Gasteiger partial charge is 0.493 e. The van der Waals surface area contributed by atoms with Crippen molar-refractivity contribution < 1.29 is 18.7 Å². The Hall–Kier alpha value is -4.07. The first-order valence-electron chi connectivity index (χ1n) is 10.1. The summed E-state index contributed by atoms with van der Waals surface area (Å²) in [5.41, 5.74) is 2.86. The van der Waals surface area contributed by atoms with Crippen molar-refractivity contribution in [2.75, 3.05) is 7.11 Å². The molecule has 8 heteroatoms. The number of carbonyl (C=O) groups excluding carboxylic acids is 1.